The normalized spacial score (nSPS) is 10.3. The Bertz CT molecular complexity index is 992. The van der Waals surface area contributed by atoms with Crippen molar-refractivity contribution in [3.8, 4) is 5.75 Å². The first-order chi connectivity index (χ1) is 14.0. The summed E-state index contributed by atoms with van der Waals surface area (Å²) in [6.45, 7) is 4.80. The number of amides is 1. The van der Waals surface area contributed by atoms with Crippen LogP contribution in [-0.4, -0.2) is 41.1 Å². The van der Waals surface area contributed by atoms with Gasteiger partial charge in [-0.15, -0.1) is 0 Å². The minimum absolute atomic E-state index is 0.155. The summed E-state index contributed by atoms with van der Waals surface area (Å²) < 4.78 is 5.14. The highest BCUT2D eigenvalue weighted by atomic mass is 16.5. The molecular formula is C21H24N6O2. The zero-order valence-electron chi connectivity index (χ0n) is 16.7. The van der Waals surface area contributed by atoms with Crippen molar-refractivity contribution in [3.63, 3.8) is 0 Å². The lowest BCUT2D eigenvalue weighted by Gasteiger charge is -2.11. The minimum atomic E-state index is -0.155. The fourth-order valence-corrected chi connectivity index (χ4v) is 2.69. The maximum absolute atomic E-state index is 12.2. The van der Waals surface area contributed by atoms with Gasteiger partial charge in [0.05, 0.1) is 7.11 Å². The molecule has 0 radical (unpaired) electrons. The maximum Gasteiger partial charge on any atom is 0.251 e. The molecule has 0 aliphatic heterocycles. The summed E-state index contributed by atoms with van der Waals surface area (Å²) >= 11 is 0. The number of carbonyl (C=O) groups is 1. The van der Waals surface area contributed by atoms with Crippen molar-refractivity contribution in [1.82, 2.24) is 20.3 Å². The highest BCUT2D eigenvalue weighted by Crippen LogP contribution is 2.16. The first-order valence-electron chi connectivity index (χ1n) is 9.25. The van der Waals surface area contributed by atoms with E-state index in [4.69, 9.17) is 4.74 Å². The number of carbonyl (C=O) groups excluding carboxylic acids is 1. The molecule has 29 heavy (non-hydrogen) atoms. The summed E-state index contributed by atoms with van der Waals surface area (Å²) in [5, 5.41) is 9.25. The topological polar surface area (TPSA) is 101 Å². The van der Waals surface area contributed by atoms with Gasteiger partial charge in [-0.2, -0.15) is 0 Å². The van der Waals surface area contributed by atoms with Crippen molar-refractivity contribution < 1.29 is 9.53 Å². The molecular weight excluding hydrogens is 368 g/mol. The molecule has 0 unspecified atom stereocenters. The summed E-state index contributed by atoms with van der Waals surface area (Å²) in [7, 11) is 1.57. The van der Waals surface area contributed by atoms with E-state index in [1.165, 1.54) is 0 Å². The number of hydrogen-bond acceptors (Lipinski definition) is 7. The first kappa shape index (κ1) is 20.1. The number of nitrogens with one attached hydrogen (secondary N) is 3. The van der Waals surface area contributed by atoms with Gasteiger partial charge in [-0.1, -0.05) is 6.07 Å². The molecule has 1 aromatic carbocycles. The Morgan fingerprint density at radius 3 is 2.62 bits per heavy atom. The van der Waals surface area contributed by atoms with Crippen LogP contribution in [0.4, 0.5) is 17.5 Å². The third kappa shape index (κ3) is 5.90. The molecule has 8 heteroatoms. The lowest BCUT2D eigenvalue weighted by Crippen LogP contribution is -2.28. The van der Waals surface area contributed by atoms with Gasteiger partial charge >= 0.3 is 0 Å². The minimum Gasteiger partial charge on any atom is -0.497 e. The van der Waals surface area contributed by atoms with E-state index in [1.54, 1.807) is 43.6 Å². The lowest BCUT2D eigenvalue weighted by atomic mass is 10.2. The summed E-state index contributed by atoms with van der Waals surface area (Å²) in [6, 6.07) is 12.7. The molecule has 0 aliphatic rings. The number of aromatic nitrogens is 3. The second kappa shape index (κ2) is 9.50. The fourth-order valence-electron chi connectivity index (χ4n) is 2.69. The number of nitrogens with zero attached hydrogens (tertiary/aromatic N) is 3. The van der Waals surface area contributed by atoms with E-state index in [0.717, 1.165) is 11.4 Å². The van der Waals surface area contributed by atoms with E-state index in [-0.39, 0.29) is 5.91 Å². The van der Waals surface area contributed by atoms with Crippen molar-refractivity contribution >= 4 is 23.4 Å². The Labute approximate surface area is 169 Å². The molecule has 3 rings (SSSR count). The fraction of sp³-hybridized carbons (Fsp3) is 0.238. The van der Waals surface area contributed by atoms with Gasteiger partial charge in [-0.05, 0) is 49.7 Å². The number of benzene rings is 1. The van der Waals surface area contributed by atoms with Gasteiger partial charge < -0.3 is 20.7 Å². The number of aryl methyl sites for hydroxylation is 2. The van der Waals surface area contributed by atoms with Crippen LogP contribution in [0.1, 0.15) is 21.7 Å². The average molecular weight is 392 g/mol. The molecule has 0 spiro atoms. The van der Waals surface area contributed by atoms with Gasteiger partial charge in [0.25, 0.3) is 5.91 Å². The molecule has 8 nitrogen and oxygen atoms in total. The molecule has 1 amide bonds. The van der Waals surface area contributed by atoms with Crippen LogP contribution in [0.3, 0.4) is 0 Å². The Hall–Kier alpha value is -3.68. The smallest absolute Gasteiger partial charge is 0.251 e. The molecule has 0 saturated heterocycles. The van der Waals surface area contributed by atoms with E-state index in [2.05, 4.69) is 30.9 Å². The Morgan fingerprint density at radius 1 is 1.00 bits per heavy atom. The van der Waals surface area contributed by atoms with E-state index < -0.39 is 0 Å². The van der Waals surface area contributed by atoms with Crippen LogP contribution in [0.25, 0.3) is 0 Å². The van der Waals surface area contributed by atoms with Crippen LogP contribution < -0.4 is 20.7 Å². The number of anilines is 3. The molecule has 2 aromatic heterocycles. The van der Waals surface area contributed by atoms with Crippen LogP contribution in [0.5, 0.6) is 5.75 Å². The van der Waals surface area contributed by atoms with Crippen molar-refractivity contribution in [2.75, 3.05) is 30.8 Å². The third-order valence-corrected chi connectivity index (χ3v) is 4.06. The third-order valence-electron chi connectivity index (χ3n) is 4.06. The number of hydrogen-bond donors (Lipinski definition) is 3. The monoisotopic (exact) mass is 392 g/mol. The lowest BCUT2D eigenvalue weighted by molar-refractivity contribution is 0.0955. The van der Waals surface area contributed by atoms with Crippen molar-refractivity contribution in [1.29, 1.82) is 0 Å². The first-order valence-corrected chi connectivity index (χ1v) is 9.25. The molecule has 3 N–H and O–H groups in total. The Kier molecular flexibility index (Phi) is 6.57. The van der Waals surface area contributed by atoms with Gasteiger partial charge in [0, 0.05) is 30.9 Å². The summed E-state index contributed by atoms with van der Waals surface area (Å²) in [6.07, 6.45) is 1.75. The molecule has 150 valence electrons. The van der Waals surface area contributed by atoms with Gasteiger partial charge in [0.1, 0.15) is 29.0 Å². The Morgan fingerprint density at radius 2 is 1.83 bits per heavy atom. The van der Waals surface area contributed by atoms with Crippen molar-refractivity contribution in [2.24, 2.45) is 0 Å². The van der Waals surface area contributed by atoms with E-state index in [9.17, 15) is 4.79 Å². The van der Waals surface area contributed by atoms with Gasteiger partial charge in [-0.25, -0.2) is 15.0 Å². The summed E-state index contributed by atoms with van der Waals surface area (Å²) in [5.74, 6) is 3.17. The highest BCUT2D eigenvalue weighted by molar-refractivity contribution is 5.94. The zero-order chi connectivity index (χ0) is 20.6. The molecule has 0 fully saturated rings. The molecule has 0 bridgehead atoms. The van der Waals surface area contributed by atoms with Gasteiger partial charge in [-0.3, -0.25) is 4.79 Å². The van der Waals surface area contributed by atoms with Crippen molar-refractivity contribution in [3.05, 3.63) is 65.6 Å². The van der Waals surface area contributed by atoms with E-state index in [0.29, 0.717) is 41.9 Å². The summed E-state index contributed by atoms with van der Waals surface area (Å²) in [5.41, 5.74) is 1.66. The van der Waals surface area contributed by atoms with E-state index in [1.807, 2.05) is 26.0 Å². The standard InChI is InChI=1S/C21H24N6O2/c1-14-7-8-22-18(11-14)27-20-13-19(25-15(2)26-20)23-9-10-24-21(28)16-5-4-6-17(12-16)29-3/h4-8,11-13H,9-10H2,1-3H3,(H,24,28)(H2,22,23,25,26,27). The average Bonchev–Trinajstić information content (AvgIpc) is 2.70. The van der Waals surface area contributed by atoms with Crippen LogP contribution in [0, 0.1) is 13.8 Å². The maximum atomic E-state index is 12.2. The molecule has 0 saturated carbocycles. The van der Waals surface area contributed by atoms with Crippen LogP contribution in [-0.2, 0) is 0 Å². The van der Waals surface area contributed by atoms with Crippen LogP contribution in [0.2, 0.25) is 0 Å². The van der Waals surface area contributed by atoms with Gasteiger partial charge in [0.15, 0.2) is 0 Å². The molecule has 0 aliphatic carbocycles. The van der Waals surface area contributed by atoms with E-state index >= 15 is 0 Å². The predicted octanol–water partition coefficient (Wildman–Crippen LogP) is 3.08. The molecule has 0 atom stereocenters. The molecule has 2 heterocycles. The quantitative estimate of drug-likeness (QED) is 0.506. The highest BCUT2D eigenvalue weighted by Gasteiger charge is 2.07. The Balaban J connectivity index is 1.54. The zero-order valence-corrected chi connectivity index (χ0v) is 16.7. The second-order valence-corrected chi connectivity index (χ2v) is 6.44. The van der Waals surface area contributed by atoms with Crippen LogP contribution in [0.15, 0.2) is 48.7 Å². The predicted molar refractivity (Wildman–Crippen MR) is 113 cm³/mol. The SMILES string of the molecule is COc1cccc(C(=O)NCCNc2cc(Nc3cc(C)ccn3)nc(C)n2)c1. The van der Waals surface area contributed by atoms with Crippen molar-refractivity contribution in [2.45, 2.75) is 13.8 Å². The molecule has 3 aromatic rings. The summed E-state index contributed by atoms with van der Waals surface area (Å²) in [4.78, 5) is 25.3. The number of pyridine rings is 1. The number of ether oxygens (including phenoxy) is 1. The van der Waals surface area contributed by atoms with Crippen LogP contribution >= 0.6 is 0 Å². The number of rotatable bonds is 8. The largest absolute Gasteiger partial charge is 0.497 e. The number of methoxy groups -OCH3 is 1. The second-order valence-electron chi connectivity index (χ2n) is 6.44. The van der Waals surface area contributed by atoms with Gasteiger partial charge in [0.2, 0.25) is 0 Å².